The SMILES string of the molecule is CC(C)(C)OC(=O)N1C(Cc2ccc(N)nc2)CCC1C(O)c1ccccc1. The number of aliphatic hydroxyl groups is 1. The first kappa shape index (κ1) is 20.1. The standard InChI is InChI=1S/C22H29N3O3/c1-22(2,3)28-21(27)25-17(13-15-9-12-19(23)24-14-15)10-11-18(25)20(26)16-7-5-4-6-8-16/h4-9,12,14,17-18,20,26H,10-11,13H2,1-3H3,(H2,23,24). The van der Waals surface area contributed by atoms with Crippen molar-refractivity contribution in [1.82, 2.24) is 9.88 Å². The zero-order chi connectivity index (χ0) is 20.3. The van der Waals surface area contributed by atoms with Crippen LogP contribution in [-0.4, -0.2) is 38.8 Å². The molecule has 2 heterocycles. The molecule has 0 radical (unpaired) electrons. The fraction of sp³-hybridized carbons (Fsp3) is 0.455. The number of carbonyl (C=O) groups is 1. The van der Waals surface area contributed by atoms with Gasteiger partial charge in [-0.05, 0) is 57.2 Å². The fourth-order valence-corrected chi connectivity index (χ4v) is 3.72. The van der Waals surface area contributed by atoms with Gasteiger partial charge in [0.05, 0.1) is 12.1 Å². The van der Waals surface area contributed by atoms with Gasteiger partial charge in [0.1, 0.15) is 11.4 Å². The summed E-state index contributed by atoms with van der Waals surface area (Å²) in [5.41, 5.74) is 6.88. The number of rotatable bonds is 4. The van der Waals surface area contributed by atoms with Crippen LogP contribution in [0.3, 0.4) is 0 Å². The van der Waals surface area contributed by atoms with E-state index in [9.17, 15) is 9.90 Å². The van der Waals surface area contributed by atoms with Gasteiger partial charge in [-0.2, -0.15) is 0 Å². The van der Waals surface area contributed by atoms with E-state index in [1.54, 1.807) is 17.2 Å². The summed E-state index contributed by atoms with van der Waals surface area (Å²) in [6.07, 6.45) is 2.73. The summed E-state index contributed by atoms with van der Waals surface area (Å²) >= 11 is 0. The molecule has 3 unspecified atom stereocenters. The maximum atomic E-state index is 13.0. The molecule has 1 saturated heterocycles. The molecule has 1 amide bonds. The van der Waals surface area contributed by atoms with Crippen LogP contribution in [0.4, 0.5) is 10.6 Å². The first-order valence-electron chi connectivity index (χ1n) is 9.69. The highest BCUT2D eigenvalue weighted by molar-refractivity contribution is 5.69. The van der Waals surface area contributed by atoms with Crippen molar-refractivity contribution < 1.29 is 14.6 Å². The molecular weight excluding hydrogens is 354 g/mol. The number of carbonyl (C=O) groups excluding carboxylic acids is 1. The number of likely N-dealkylation sites (tertiary alicyclic amines) is 1. The van der Waals surface area contributed by atoms with Crippen LogP contribution in [0.25, 0.3) is 0 Å². The van der Waals surface area contributed by atoms with Crippen molar-refractivity contribution in [1.29, 1.82) is 0 Å². The number of anilines is 1. The van der Waals surface area contributed by atoms with Crippen molar-refractivity contribution in [2.45, 2.75) is 63.8 Å². The normalized spacial score (nSPS) is 20.8. The topological polar surface area (TPSA) is 88.7 Å². The maximum Gasteiger partial charge on any atom is 0.410 e. The lowest BCUT2D eigenvalue weighted by molar-refractivity contribution is -0.00453. The number of pyridine rings is 1. The number of nitrogen functional groups attached to an aromatic ring is 1. The fourth-order valence-electron chi connectivity index (χ4n) is 3.72. The van der Waals surface area contributed by atoms with E-state index in [2.05, 4.69) is 4.98 Å². The first-order chi connectivity index (χ1) is 13.2. The molecule has 28 heavy (non-hydrogen) atoms. The molecule has 3 atom stereocenters. The van der Waals surface area contributed by atoms with Crippen LogP contribution < -0.4 is 5.73 Å². The van der Waals surface area contributed by atoms with Gasteiger partial charge in [-0.25, -0.2) is 9.78 Å². The molecule has 6 nitrogen and oxygen atoms in total. The lowest BCUT2D eigenvalue weighted by Gasteiger charge is -2.34. The number of aliphatic hydroxyl groups excluding tert-OH is 1. The Labute approximate surface area is 166 Å². The van der Waals surface area contributed by atoms with Crippen molar-refractivity contribution in [3.05, 3.63) is 59.8 Å². The van der Waals surface area contributed by atoms with Gasteiger partial charge in [-0.1, -0.05) is 36.4 Å². The van der Waals surface area contributed by atoms with E-state index in [0.29, 0.717) is 18.7 Å². The predicted octanol–water partition coefficient (Wildman–Crippen LogP) is 3.71. The lowest BCUT2D eigenvalue weighted by Crippen LogP contribution is -2.47. The summed E-state index contributed by atoms with van der Waals surface area (Å²) < 4.78 is 5.67. The Kier molecular flexibility index (Phi) is 5.89. The van der Waals surface area contributed by atoms with E-state index in [1.807, 2.05) is 57.2 Å². The third kappa shape index (κ3) is 4.81. The highest BCUT2D eigenvalue weighted by Crippen LogP contribution is 2.35. The van der Waals surface area contributed by atoms with E-state index >= 15 is 0 Å². The molecule has 1 aliphatic heterocycles. The summed E-state index contributed by atoms with van der Waals surface area (Å²) in [4.78, 5) is 18.9. The van der Waals surface area contributed by atoms with Gasteiger partial charge in [-0.15, -0.1) is 0 Å². The predicted molar refractivity (Wildman–Crippen MR) is 109 cm³/mol. The monoisotopic (exact) mass is 383 g/mol. The number of amides is 1. The minimum absolute atomic E-state index is 0.0661. The van der Waals surface area contributed by atoms with Crippen LogP contribution >= 0.6 is 0 Å². The molecule has 0 spiro atoms. The lowest BCUT2D eigenvalue weighted by atomic mass is 10.0. The van der Waals surface area contributed by atoms with Crippen molar-refractivity contribution in [2.24, 2.45) is 0 Å². The zero-order valence-electron chi connectivity index (χ0n) is 16.7. The molecule has 1 aliphatic rings. The van der Waals surface area contributed by atoms with Gasteiger partial charge >= 0.3 is 6.09 Å². The molecule has 0 aliphatic carbocycles. The molecule has 0 saturated carbocycles. The molecule has 6 heteroatoms. The summed E-state index contributed by atoms with van der Waals surface area (Å²) in [7, 11) is 0. The van der Waals surface area contributed by atoms with Gasteiger partial charge in [0, 0.05) is 12.2 Å². The van der Waals surface area contributed by atoms with E-state index < -0.39 is 17.8 Å². The second-order valence-electron chi connectivity index (χ2n) is 8.34. The number of nitrogens with zero attached hydrogens (tertiary/aromatic N) is 2. The van der Waals surface area contributed by atoms with Crippen LogP contribution in [0.2, 0.25) is 0 Å². The summed E-state index contributed by atoms with van der Waals surface area (Å²) in [6, 6.07) is 12.8. The van der Waals surface area contributed by atoms with Crippen molar-refractivity contribution in [2.75, 3.05) is 5.73 Å². The van der Waals surface area contributed by atoms with Crippen LogP contribution in [0.15, 0.2) is 48.7 Å². The minimum Gasteiger partial charge on any atom is -0.444 e. The van der Waals surface area contributed by atoms with E-state index in [4.69, 9.17) is 10.5 Å². The smallest absolute Gasteiger partial charge is 0.410 e. The highest BCUT2D eigenvalue weighted by Gasteiger charge is 2.42. The molecule has 2 aromatic rings. The average molecular weight is 383 g/mol. The van der Waals surface area contributed by atoms with E-state index in [0.717, 1.165) is 17.5 Å². The number of ether oxygens (including phenoxy) is 1. The van der Waals surface area contributed by atoms with Crippen LogP contribution in [0.1, 0.15) is 50.8 Å². The van der Waals surface area contributed by atoms with E-state index in [-0.39, 0.29) is 12.1 Å². The van der Waals surface area contributed by atoms with E-state index in [1.165, 1.54) is 0 Å². The summed E-state index contributed by atoms with van der Waals surface area (Å²) in [6.45, 7) is 5.55. The Hall–Kier alpha value is -2.60. The van der Waals surface area contributed by atoms with Gasteiger partial charge in [0.15, 0.2) is 0 Å². The maximum absolute atomic E-state index is 13.0. The minimum atomic E-state index is -0.761. The Morgan fingerprint density at radius 3 is 2.57 bits per heavy atom. The largest absolute Gasteiger partial charge is 0.444 e. The second kappa shape index (κ2) is 8.19. The molecule has 1 fully saturated rings. The Balaban J connectivity index is 1.84. The Morgan fingerprint density at radius 1 is 1.25 bits per heavy atom. The molecule has 3 N–H and O–H groups in total. The van der Waals surface area contributed by atoms with Crippen molar-refractivity contribution in [3.8, 4) is 0 Å². The molecule has 1 aromatic heterocycles. The van der Waals surface area contributed by atoms with Gasteiger partial charge in [0.25, 0.3) is 0 Å². The van der Waals surface area contributed by atoms with Crippen LogP contribution in [0.5, 0.6) is 0 Å². The third-order valence-corrected chi connectivity index (χ3v) is 4.98. The second-order valence-corrected chi connectivity index (χ2v) is 8.34. The van der Waals surface area contributed by atoms with Gasteiger partial charge in [-0.3, -0.25) is 4.90 Å². The summed E-state index contributed by atoms with van der Waals surface area (Å²) in [5, 5.41) is 11.0. The molecule has 150 valence electrons. The third-order valence-electron chi connectivity index (χ3n) is 4.98. The number of benzene rings is 1. The Bertz CT molecular complexity index is 787. The van der Waals surface area contributed by atoms with Gasteiger partial charge < -0.3 is 15.6 Å². The van der Waals surface area contributed by atoms with Crippen LogP contribution in [-0.2, 0) is 11.2 Å². The number of hydrogen-bond donors (Lipinski definition) is 2. The summed E-state index contributed by atoms with van der Waals surface area (Å²) in [5.74, 6) is 0.469. The molecular formula is C22H29N3O3. The first-order valence-corrected chi connectivity index (χ1v) is 9.69. The number of aromatic nitrogens is 1. The molecule has 0 bridgehead atoms. The zero-order valence-corrected chi connectivity index (χ0v) is 16.7. The number of hydrogen-bond acceptors (Lipinski definition) is 5. The average Bonchev–Trinajstić information content (AvgIpc) is 3.06. The van der Waals surface area contributed by atoms with Gasteiger partial charge in [0.2, 0.25) is 0 Å². The molecule has 3 rings (SSSR count). The van der Waals surface area contributed by atoms with Crippen LogP contribution in [0, 0.1) is 0 Å². The Morgan fingerprint density at radius 2 is 1.96 bits per heavy atom. The quantitative estimate of drug-likeness (QED) is 0.840. The van der Waals surface area contributed by atoms with Crippen molar-refractivity contribution in [3.63, 3.8) is 0 Å². The highest BCUT2D eigenvalue weighted by atomic mass is 16.6. The molecule has 1 aromatic carbocycles. The van der Waals surface area contributed by atoms with Crippen molar-refractivity contribution >= 4 is 11.9 Å². The number of nitrogens with two attached hydrogens (primary N) is 1.